The minimum atomic E-state index is -0.263. The number of amides is 1. The summed E-state index contributed by atoms with van der Waals surface area (Å²) in [6.07, 6.45) is 3.54. The summed E-state index contributed by atoms with van der Waals surface area (Å²) in [5.74, 6) is 0.932. The first-order chi connectivity index (χ1) is 14.1. The summed E-state index contributed by atoms with van der Waals surface area (Å²) < 4.78 is 8.74. The average molecular weight is 387 g/mol. The lowest BCUT2D eigenvalue weighted by Crippen LogP contribution is -2.13. The van der Waals surface area contributed by atoms with Crippen molar-refractivity contribution in [1.82, 2.24) is 19.6 Å². The lowest BCUT2D eigenvalue weighted by atomic mass is 10.1. The zero-order chi connectivity index (χ0) is 20.2. The fourth-order valence-corrected chi connectivity index (χ4v) is 3.09. The molecule has 0 bridgehead atoms. The molecule has 0 atom stereocenters. The Morgan fingerprint density at radius 1 is 1.07 bits per heavy atom. The molecule has 0 aliphatic heterocycles. The topological polar surface area (TPSA) is 74.0 Å². The van der Waals surface area contributed by atoms with Crippen molar-refractivity contribution in [3.05, 3.63) is 84.2 Å². The number of carbonyl (C=O) groups is 1. The van der Waals surface area contributed by atoms with Gasteiger partial charge in [-0.05, 0) is 17.7 Å². The third-order valence-electron chi connectivity index (χ3n) is 4.49. The van der Waals surface area contributed by atoms with E-state index in [1.54, 1.807) is 42.0 Å². The summed E-state index contributed by atoms with van der Waals surface area (Å²) in [6.45, 7) is 0.564. The first kappa shape index (κ1) is 18.5. The Labute approximate surface area is 168 Å². The molecule has 2 heterocycles. The molecule has 0 radical (unpaired) electrons. The highest BCUT2D eigenvalue weighted by Gasteiger charge is 2.19. The van der Waals surface area contributed by atoms with E-state index in [-0.39, 0.29) is 5.91 Å². The molecule has 1 N–H and O–H groups in total. The minimum absolute atomic E-state index is 0.263. The molecule has 4 rings (SSSR count). The van der Waals surface area contributed by atoms with Gasteiger partial charge >= 0.3 is 0 Å². The highest BCUT2D eigenvalue weighted by molar-refractivity contribution is 6.07. The van der Waals surface area contributed by atoms with Crippen LogP contribution in [0.5, 0.6) is 5.75 Å². The number of anilines is 1. The molecule has 2 aromatic carbocycles. The van der Waals surface area contributed by atoms with Crippen molar-refractivity contribution in [2.45, 2.75) is 6.54 Å². The van der Waals surface area contributed by atoms with E-state index >= 15 is 0 Å². The highest BCUT2D eigenvalue weighted by Crippen LogP contribution is 2.26. The molecule has 146 valence electrons. The van der Waals surface area contributed by atoms with E-state index in [4.69, 9.17) is 9.84 Å². The minimum Gasteiger partial charge on any atom is -0.497 e. The lowest BCUT2D eigenvalue weighted by molar-refractivity contribution is 0.102. The second kappa shape index (κ2) is 8.02. The summed E-state index contributed by atoms with van der Waals surface area (Å²) in [4.78, 5) is 13.0. The van der Waals surface area contributed by atoms with Crippen LogP contribution in [0.4, 0.5) is 5.82 Å². The molecule has 7 heteroatoms. The molecule has 0 saturated carbocycles. The molecule has 29 heavy (non-hydrogen) atoms. The van der Waals surface area contributed by atoms with Gasteiger partial charge in [-0.2, -0.15) is 10.2 Å². The molecule has 0 spiro atoms. The third kappa shape index (κ3) is 4.19. The van der Waals surface area contributed by atoms with Crippen molar-refractivity contribution in [3.8, 4) is 17.0 Å². The second-order valence-corrected chi connectivity index (χ2v) is 6.64. The number of methoxy groups -OCH3 is 1. The fraction of sp³-hybridized carbons (Fsp3) is 0.136. The summed E-state index contributed by atoms with van der Waals surface area (Å²) in [5.41, 5.74) is 2.97. The van der Waals surface area contributed by atoms with E-state index in [0.29, 0.717) is 29.4 Å². The Balaban J connectivity index is 1.71. The predicted octanol–water partition coefficient (Wildman–Crippen LogP) is 3.59. The first-order valence-corrected chi connectivity index (χ1v) is 9.19. The van der Waals surface area contributed by atoms with Gasteiger partial charge < -0.3 is 10.1 Å². The number of benzene rings is 2. The van der Waals surface area contributed by atoms with Gasteiger partial charge in [0.2, 0.25) is 0 Å². The second-order valence-electron chi connectivity index (χ2n) is 6.64. The standard InChI is InChI=1S/C22H21N5O2/c1-26-12-11-20(24-26)23-22(28)19-15-27(14-16-7-4-3-5-8-16)25-21(19)17-9-6-10-18(13-17)29-2/h3-13,15H,14H2,1-2H3,(H,23,24,28). The van der Waals surface area contributed by atoms with Crippen LogP contribution in [0.15, 0.2) is 73.1 Å². The monoisotopic (exact) mass is 387 g/mol. The van der Waals surface area contributed by atoms with Crippen LogP contribution >= 0.6 is 0 Å². The Hall–Kier alpha value is -3.87. The summed E-state index contributed by atoms with van der Waals surface area (Å²) in [5, 5.41) is 11.8. The number of carbonyl (C=O) groups excluding carboxylic acids is 1. The van der Waals surface area contributed by atoms with Crippen molar-refractivity contribution in [1.29, 1.82) is 0 Å². The van der Waals surface area contributed by atoms with Crippen LogP contribution < -0.4 is 10.1 Å². The van der Waals surface area contributed by atoms with Gasteiger partial charge in [0.1, 0.15) is 11.4 Å². The molecule has 7 nitrogen and oxygen atoms in total. The summed E-state index contributed by atoms with van der Waals surface area (Å²) >= 11 is 0. The maximum atomic E-state index is 13.0. The largest absolute Gasteiger partial charge is 0.497 e. The molecular weight excluding hydrogens is 366 g/mol. The molecular formula is C22H21N5O2. The highest BCUT2D eigenvalue weighted by atomic mass is 16.5. The summed E-state index contributed by atoms with van der Waals surface area (Å²) in [6, 6.07) is 19.3. The van der Waals surface area contributed by atoms with Crippen molar-refractivity contribution >= 4 is 11.7 Å². The predicted molar refractivity (Wildman–Crippen MR) is 111 cm³/mol. The number of hydrogen-bond donors (Lipinski definition) is 1. The Bertz CT molecular complexity index is 1130. The van der Waals surface area contributed by atoms with Crippen molar-refractivity contribution < 1.29 is 9.53 Å². The van der Waals surface area contributed by atoms with Crippen molar-refractivity contribution in [3.63, 3.8) is 0 Å². The van der Waals surface area contributed by atoms with E-state index < -0.39 is 0 Å². The molecule has 4 aromatic rings. The van der Waals surface area contributed by atoms with Crippen LogP contribution in [-0.4, -0.2) is 32.6 Å². The summed E-state index contributed by atoms with van der Waals surface area (Å²) in [7, 11) is 3.41. The van der Waals surface area contributed by atoms with Gasteiger partial charge in [-0.3, -0.25) is 14.2 Å². The quantitative estimate of drug-likeness (QED) is 0.549. The van der Waals surface area contributed by atoms with E-state index in [2.05, 4.69) is 10.4 Å². The molecule has 2 aromatic heterocycles. The number of aromatic nitrogens is 4. The lowest BCUT2D eigenvalue weighted by Gasteiger charge is -2.05. The number of hydrogen-bond acceptors (Lipinski definition) is 4. The third-order valence-corrected chi connectivity index (χ3v) is 4.49. The maximum Gasteiger partial charge on any atom is 0.260 e. The van der Waals surface area contributed by atoms with Crippen LogP contribution in [0.25, 0.3) is 11.3 Å². The molecule has 0 saturated heterocycles. The van der Waals surface area contributed by atoms with Gasteiger partial charge in [0.15, 0.2) is 5.82 Å². The smallest absolute Gasteiger partial charge is 0.260 e. The molecule has 1 amide bonds. The van der Waals surface area contributed by atoms with Crippen molar-refractivity contribution in [2.75, 3.05) is 12.4 Å². The number of nitrogens with zero attached hydrogens (tertiary/aromatic N) is 4. The zero-order valence-electron chi connectivity index (χ0n) is 16.2. The van der Waals surface area contributed by atoms with Crippen LogP contribution in [0.1, 0.15) is 15.9 Å². The number of nitrogens with one attached hydrogen (secondary N) is 1. The maximum absolute atomic E-state index is 13.0. The van der Waals surface area contributed by atoms with Gasteiger partial charge in [-0.1, -0.05) is 42.5 Å². The van der Waals surface area contributed by atoms with E-state index in [1.807, 2.05) is 54.6 Å². The van der Waals surface area contributed by atoms with Gasteiger partial charge in [0.05, 0.1) is 19.2 Å². The normalized spacial score (nSPS) is 10.7. The van der Waals surface area contributed by atoms with Crippen LogP contribution in [0.3, 0.4) is 0 Å². The number of ether oxygens (including phenoxy) is 1. The molecule has 0 aliphatic rings. The van der Waals surface area contributed by atoms with Crippen LogP contribution in [0, 0.1) is 0 Å². The Kier molecular flexibility index (Phi) is 5.11. The van der Waals surface area contributed by atoms with Gasteiger partial charge in [-0.15, -0.1) is 0 Å². The first-order valence-electron chi connectivity index (χ1n) is 9.19. The average Bonchev–Trinajstić information content (AvgIpc) is 3.35. The van der Waals surface area contributed by atoms with Gasteiger partial charge in [0, 0.05) is 31.1 Å². The van der Waals surface area contributed by atoms with Crippen molar-refractivity contribution in [2.24, 2.45) is 7.05 Å². The Morgan fingerprint density at radius 3 is 2.62 bits per heavy atom. The molecule has 0 aliphatic carbocycles. The van der Waals surface area contributed by atoms with E-state index in [0.717, 1.165) is 11.1 Å². The van der Waals surface area contributed by atoms with E-state index in [1.165, 1.54) is 0 Å². The van der Waals surface area contributed by atoms with E-state index in [9.17, 15) is 4.79 Å². The SMILES string of the molecule is COc1cccc(-c2nn(Cc3ccccc3)cc2C(=O)Nc2ccn(C)n2)c1. The molecule has 0 unspecified atom stereocenters. The van der Waals surface area contributed by atoms with Gasteiger partial charge in [0.25, 0.3) is 5.91 Å². The van der Waals surface area contributed by atoms with Crippen LogP contribution in [-0.2, 0) is 13.6 Å². The van der Waals surface area contributed by atoms with Gasteiger partial charge in [-0.25, -0.2) is 0 Å². The van der Waals surface area contributed by atoms with Crippen LogP contribution in [0.2, 0.25) is 0 Å². The molecule has 0 fully saturated rings. The zero-order valence-corrected chi connectivity index (χ0v) is 16.2. The Morgan fingerprint density at radius 2 is 1.90 bits per heavy atom. The number of rotatable bonds is 6. The fourth-order valence-electron chi connectivity index (χ4n) is 3.09. The number of aryl methyl sites for hydroxylation is 1.